The largest absolute Gasteiger partial charge is 0.493 e. The van der Waals surface area contributed by atoms with E-state index in [-0.39, 0.29) is 10.7 Å². The van der Waals surface area contributed by atoms with Crippen molar-refractivity contribution in [3.05, 3.63) is 55.6 Å². The van der Waals surface area contributed by atoms with Crippen molar-refractivity contribution in [2.24, 2.45) is 0 Å². The predicted molar refractivity (Wildman–Crippen MR) is 123 cm³/mol. The number of hydrogen-bond acceptors (Lipinski definition) is 5. The van der Waals surface area contributed by atoms with Crippen molar-refractivity contribution in [1.29, 1.82) is 0 Å². The number of methoxy groups -OCH3 is 2. The third kappa shape index (κ3) is 4.06. The summed E-state index contributed by atoms with van der Waals surface area (Å²) in [6.07, 6.45) is 1.51. The molecule has 9 heteroatoms. The van der Waals surface area contributed by atoms with Crippen LogP contribution in [0.15, 0.2) is 46.4 Å². The van der Waals surface area contributed by atoms with Gasteiger partial charge in [0.2, 0.25) is 0 Å². The fraction of sp³-hybridized carbons (Fsp3) is 0.105. The summed E-state index contributed by atoms with van der Waals surface area (Å²) in [6, 6.07) is 10.6. The van der Waals surface area contributed by atoms with Crippen LogP contribution in [0.25, 0.3) is 6.08 Å². The lowest BCUT2D eigenvalue weighted by atomic mass is 10.1. The van der Waals surface area contributed by atoms with Crippen LogP contribution in [-0.2, 0) is 9.59 Å². The summed E-state index contributed by atoms with van der Waals surface area (Å²) in [5.74, 6) is 0.0357. The second-order valence-electron chi connectivity index (χ2n) is 5.68. The van der Waals surface area contributed by atoms with Gasteiger partial charge in [-0.25, -0.2) is 0 Å². The average Bonchev–Trinajstić information content (AvgIpc) is 2.64. The lowest BCUT2D eigenvalue weighted by molar-refractivity contribution is -0.122. The molecule has 2 amide bonds. The van der Waals surface area contributed by atoms with Crippen LogP contribution < -0.4 is 19.7 Å². The number of anilines is 1. The Labute approximate surface area is 189 Å². The number of carbonyl (C=O) groups excluding carboxylic acids is 2. The molecule has 0 spiro atoms. The van der Waals surface area contributed by atoms with Crippen LogP contribution in [0.4, 0.5) is 5.69 Å². The van der Waals surface area contributed by atoms with Gasteiger partial charge in [0.25, 0.3) is 11.8 Å². The molecule has 6 nitrogen and oxygen atoms in total. The molecule has 0 saturated carbocycles. The zero-order valence-electron chi connectivity index (χ0n) is 14.8. The molecule has 0 aromatic heterocycles. The van der Waals surface area contributed by atoms with Gasteiger partial charge < -0.3 is 9.47 Å². The van der Waals surface area contributed by atoms with Gasteiger partial charge in [0, 0.05) is 4.47 Å². The highest BCUT2D eigenvalue weighted by molar-refractivity contribution is 14.1. The Morgan fingerprint density at radius 1 is 1.18 bits per heavy atom. The Morgan fingerprint density at radius 3 is 2.57 bits per heavy atom. The van der Waals surface area contributed by atoms with E-state index in [4.69, 9.17) is 21.7 Å². The lowest BCUT2D eigenvalue weighted by Crippen LogP contribution is -2.54. The molecule has 1 saturated heterocycles. The van der Waals surface area contributed by atoms with Crippen molar-refractivity contribution in [3.8, 4) is 11.5 Å². The molecule has 144 valence electrons. The number of thiocarbonyl (C=S) groups is 1. The topological polar surface area (TPSA) is 67.9 Å². The van der Waals surface area contributed by atoms with Gasteiger partial charge in [0.15, 0.2) is 16.6 Å². The second-order valence-corrected chi connectivity index (χ2v) is 8.14. The normalized spacial score (nSPS) is 15.6. The summed E-state index contributed by atoms with van der Waals surface area (Å²) in [5.41, 5.74) is 1.15. The first-order valence-electron chi connectivity index (χ1n) is 7.94. The Bertz CT molecular complexity index is 1020. The average molecular weight is 573 g/mol. The van der Waals surface area contributed by atoms with Crippen LogP contribution >= 0.6 is 50.7 Å². The van der Waals surface area contributed by atoms with E-state index in [1.165, 1.54) is 18.1 Å². The molecule has 1 heterocycles. The third-order valence-electron chi connectivity index (χ3n) is 3.93. The van der Waals surface area contributed by atoms with E-state index >= 15 is 0 Å². The van der Waals surface area contributed by atoms with Crippen molar-refractivity contribution in [3.63, 3.8) is 0 Å². The maximum atomic E-state index is 13.1. The van der Waals surface area contributed by atoms with Gasteiger partial charge in [-0.2, -0.15) is 0 Å². The Morgan fingerprint density at radius 2 is 1.93 bits per heavy atom. The second kappa shape index (κ2) is 8.58. The molecule has 2 aromatic carbocycles. The highest BCUT2D eigenvalue weighted by Crippen LogP contribution is 2.34. The minimum Gasteiger partial charge on any atom is -0.493 e. The van der Waals surface area contributed by atoms with Crippen molar-refractivity contribution in [2.45, 2.75) is 0 Å². The number of rotatable bonds is 4. The van der Waals surface area contributed by atoms with Crippen LogP contribution in [0.5, 0.6) is 11.5 Å². The van der Waals surface area contributed by atoms with Crippen LogP contribution in [-0.4, -0.2) is 31.1 Å². The maximum absolute atomic E-state index is 13.1. The van der Waals surface area contributed by atoms with Crippen molar-refractivity contribution < 1.29 is 19.1 Å². The first-order chi connectivity index (χ1) is 13.3. The van der Waals surface area contributed by atoms with Gasteiger partial charge in [0.1, 0.15) is 5.57 Å². The zero-order chi connectivity index (χ0) is 20.4. The van der Waals surface area contributed by atoms with Gasteiger partial charge in [-0.1, -0.05) is 22.0 Å². The predicted octanol–water partition coefficient (Wildman–Crippen LogP) is 3.90. The van der Waals surface area contributed by atoms with Gasteiger partial charge in [-0.15, -0.1) is 0 Å². The van der Waals surface area contributed by atoms with E-state index in [0.29, 0.717) is 22.7 Å². The number of hydrogen-bond donors (Lipinski definition) is 1. The minimum absolute atomic E-state index is 0.0309. The highest BCUT2D eigenvalue weighted by Gasteiger charge is 2.34. The van der Waals surface area contributed by atoms with E-state index in [1.54, 1.807) is 37.4 Å². The van der Waals surface area contributed by atoms with E-state index in [2.05, 4.69) is 43.8 Å². The van der Waals surface area contributed by atoms with Crippen molar-refractivity contribution in [2.75, 3.05) is 19.1 Å². The number of nitrogens with one attached hydrogen (secondary N) is 1. The Balaban J connectivity index is 2.06. The molecule has 3 rings (SSSR count). The molecular weight excluding hydrogens is 559 g/mol. The fourth-order valence-corrected chi connectivity index (χ4v) is 4.21. The van der Waals surface area contributed by atoms with Gasteiger partial charge in [-0.05, 0) is 76.8 Å². The minimum atomic E-state index is -0.550. The molecule has 2 aromatic rings. The SMILES string of the molecule is COc1cc(/C=C2\C(=O)NC(=S)N(c3cccc(Br)c3)C2=O)cc(I)c1OC. The van der Waals surface area contributed by atoms with Crippen LogP contribution in [0.1, 0.15) is 5.56 Å². The quantitative estimate of drug-likeness (QED) is 0.260. The van der Waals surface area contributed by atoms with Crippen molar-refractivity contribution in [1.82, 2.24) is 5.32 Å². The summed E-state index contributed by atoms with van der Waals surface area (Å²) in [5, 5.41) is 2.60. The number of benzene rings is 2. The fourth-order valence-electron chi connectivity index (χ4n) is 2.70. The van der Waals surface area contributed by atoms with Crippen molar-refractivity contribution >= 4 is 79.4 Å². The van der Waals surface area contributed by atoms with E-state index in [9.17, 15) is 9.59 Å². The summed E-state index contributed by atoms with van der Waals surface area (Å²) < 4.78 is 12.2. The van der Waals surface area contributed by atoms with Gasteiger partial charge in [0.05, 0.1) is 23.5 Å². The molecule has 0 unspecified atom stereocenters. The van der Waals surface area contributed by atoms with Gasteiger partial charge >= 0.3 is 0 Å². The molecule has 1 aliphatic rings. The number of ether oxygens (including phenoxy) is 2. The Kier molecular flexibility index (Phi) is 6.36. The van der Waals surface area contributed by atoms with E-state index in [0.717, 1.165) is 8.04 Å². The highest BCUT2D eigenvalue weighted by atomic mass is 127. The molecule has 0 radical (unpaired) electrons. The summed E-state index contributed by atoms with van der Waals surface area (Å²) in [4.78, 5) is 26.8. The summed E-state index contributed by atoms with van der Waals surface area (Å²) in [6.45, 7) is 0. The third-order valence-corrected chi connectivity index (χ3v) is 5.51. The molecule has 1 aliphatic heterocycles. The number of nitrogens with zero attached hydrogens (tertiary/aromatic N) is 1. The van der Waals surface area contributed by atoms with E-state index in [1.807, 2.05) is 6.07 Å². The summed E-state index contributed by atoms with van der Waals surface area (Å²) >= 11 is 10.7. The summed E-state index contributed by atoms with van der Waals surface area (Å²) in [7, 11) is 3.07. The number of amides is 2. The number of halogens is 2. The smallest absolute Gasteiger partial charge is 0.270 e. The van der Waals surface area contributed by atoms with Crippen LogP contribution in [0.2, 0.25) is 0 Å². The zero-order valence-corrected chi connectivity index (χ0v) is 19.3. The molecule has 0 aliphatic carbocycles. The first-order valence-corrected chi connectivity index (χ1v) is 10.2. The molecule has 0 bridgehead atoms. The standard InChI is InChI=1S/C19H14BrIN2O4S/c1-26-15-8-10(7-14(21)16(15)27-2)6-13-17(24)22-19(28)23(18(13)25)12-5-3-4-11(20)9-12/h3-9H,1-2H3,(H,22,24,28)/b13-6+. The number of carbonyl (C=O) groups is 2. The van der Waals surface area contributed by atoms with Crippen LogP contribution in [0.3, 0.4) is 0 Å². The lowest BCUT2D eigenvalue weighted by Gasteiger charge is -2.29. The Hall–Kier alpha value is -1.98. The van der Waals surface area contributed by atoms with Crippen LogP contribution in [0, 0.1) is 3.57 Å². The molecule has 28 heavy (non-hydrogen) atoms. The molecule has 1 fully saturated rings. The molecular formula is C19H14BrIN2O4S. The van der Waals surface area contributed by atoms with E-state index < -0.39 is 11.8 Å². The molecule has 1 N–H and O–H groups in total. The monoisotopic (exact) mass is 572 g/mol. The maximum Gasteiger partial charge on any atom is 0.270 e. The first kappa shape index (κ1) is 20.7. The molecule has 0 atom stereocenters. The van der Waals surface area contributed by atoms with Gasteiger partial charge in [-0.3, -0.25) is 19.8 Å².